The summed E-state index contributed by atoms with van der Waals surface area (Å²) in [6.45, 7) is 1.16. The number of alkyl halides is 5. The Morgan fingerprint density at radius 3 is 2.47 bits per heavy atom. The van der Waals surface area contributed by atoms with Crippen molar-refractivity contribution in [1.29, 1.82) is 0 Å². The number of halogens is 5. The zero-order chi connectivity index (χ0) is 23.3. The molecule has 0 radical (unpaired) electrons. The second-order valence-corrected chi connectivity index (χ2v) is 8.66. The SMILES string of the molecule is Cc1ccc(S(=O)(=O)OCC2COc3ccc4[nH]c(C(F)(F)C(F)(F)F)nc4c3O2)cc1. The van der Waals surface area contributed by atoms with Crippen molar-refractivity contribution in [2.45, 2.75) is 30.0 Å². The van der Waals surface area contributed by atoms with Crippen LogP contribution in [0.3, 0.4) is 0 Å². The number of aromatic amines is 1. The Hall–Kier alpha value is -2.93. The van der Waals surface area contributed by atoms with E-state index >= 15 is 0 Å². The highest BCUT2D eigenvalue weighted by atomic mass is 32.2. The van der Waals surface area contributed by atoms with Crippen molar-refractivity contribution in [3.05, 3.63) is 47.8 Å². The van der Waals surface area contributed by atoms with Crippen molar-refractivity contribution in [3.8, 4) is 11.5 Å². The highest BCUT2D eigenvalue weighted by Gasteiger charge is 2.61. The van der Waals surface area contributed by atoms with Crippen molar-refractivity contribution in [2.24, 2.45) is 0 Å². The molecule has 0 fully saturated rings. The van der Waals surface area contributed by atoms with Gasteiger partial charge in [-0.15, -0.1) is 0 Å². The Labute approximate surface area is 178 Å². The number of nitrogens with zero attached hydrogens (tertiary/aromatic N) is 1. The van der Waals surface area contributed by atoms with Gasteiger partial charge >= 0.3 is 12.1 Å². The molecule has 0 saturated heterocycles. The molecular weight excluding hydrogens is 463 g/mol. The van der Waals surface area contributed by atoms with E-state index in [0.717, 1.165) is 5.56 Å². The number of hydrogen-bond acceptors (Lipinski definition) is 6. The van der Waals surface area contributed by atoms with Crippen molar-refractivity contribution in [3.63, 3.8) is 0 Å². The summed E-state index contributed by atoms with van der Waals surface area (Å²) in [6, 6.07) is 8.46. The van der Waals surface area contributed by atoms with Gasteiger partial charge in [-0.1, -0.05) is 17.7 Å². The maximum absolute atomic E-state index is 13.7. The van der Waals surface area contributed by atoms with Crippen LogP contribution >= 0.6 is 0 Å². The second-order valence-electron chi connectivity index (χ2n) is 7.05. The van der Waals surface area contributed by atoms with Crippen molar-refractivity contribution in [2.75, 3.05) is 13.2 Å². The molecular formula is C19H15F5N2O5S. The fraction of sp³-hybridized carbons (Fsp3) is 0.316. The van der Waals surface area contributed by atoms with Crippen LogP contribution in [0.25, 0.3) is 11.0 Å². The van der Waals surface area contributed by atoms with Crippen LogP contribution in [0.5, 0.6) is 11.5 Å². The summed E-state index contributed by atoms with van der Waals surface area (Å²) < 4.78 is 106. The van der Waals surface area contributed by atoms with E-state index in [9.17, 15) is 30.4 Å². The van der Waals surface area contributed by atoms with Gasteiger partial charge in [-0.2, -0.15) is 30.4 Å². The normalized spacial score (nSPS) is 17.0. The fourth-order valence-electron chi connectivity index (χ4n) is 2.95. The molecule has 1 aliphatic heterocycles. The van der Waals surface area contributed by atoms with E-state index in [1.165, 1.54) is 24.3 Å². The molecule has 0 aliphatic carbocycles. The van der Waals surface area contributed by atoms with Gasteiger partial charge in [0.1, 0.15) is 18.7 Å². The average Bonchev–Trinajstić information content (AvgIpc) is 3.17. The number of hydrogen-bond donors (Lipinski definition) is 1. The zero-order valence-electron chi connectivity index (χ0n) is 16.2. The van der Waals surface area contributed by atoms with E-state index in [1.807, 2.05) is 4.98 Å². The molecule has 3 aromatic rings. The van der Waals surface area contributed by atoms with Gasteiger partial charge in [0.15, 0.2) is 23.4 Å². The third kappa shape index (κ3) is 3.97. The number of rotatable bonds is 5. The standard InChI is InChI=1S/C19H15F5N2O5S/c1-10-2-4-12(5-3-10)32(27,28)30-9-11-8-29-14-7-6-13-15(16(14)31-11)26-17(25-13)18(20,21)19(22,23)24/h2-7,11H,8-9H2,1H3,(H,25,26). The number of benzene rings is 2. The topological polar surface area (TPSA) is 90.5 Å². The largest absolute Gasteiger partial charge is 0.486 e. The van der Waals surface area contributed by atoms with E-state index < -0.39 is 40.8 Å². The molecule has 172 valence electrons. The summed E-state index contributed by atoms with van der Waals surface area (Å²) in [5, 5.41) is 0. The molecule has 1 N–H and O–H groups in total. The quantitative estimate of drug-likeness (QED) is 0.439. The first-order valence-electron chi connectivity index (χ1n) is 9.12. The first kappa shape index (κ1) is 22.3. The van der Waals surface area contributed by atoms with Crippen LogP contribution in [-0.2, 0) is 20.2 Å². The molecule has 1 aliphatic rings. The van der Waals surface area contributed by atoms with Crippen LogP contribution in [0, 0.1) is 6.92 Å². The molecule has 0 saturated carbocycles. The molecule has 13 heteroatoms. The lowest BCUT2D eigenvalue weighted by atomic mass is 10.2. The first-order chi connectivity index (χ1) is 14.9. The Balaban J connectivity index is 1.56. The van der Waals surface area contributed by atoms with Crippen LogP contribution < -0.4 is 9.47 Å². The highest BCUT2D eigenvalue weighted by Crippen LogP contribution is 2.45. The van der Waals surface area contributed by atoms with Gasteiger partial charge in [0.2, 0.25) is 0 Å². The average molecular weight is 478 g/mol. The molecule has 0 amide bonds. The molecule has 1 unspecified atom stereocenters. The van der Waals surface area contributed by atoms with Crippen LogP contribution in [0.15, 0.2) is 41.3 Å². The predicted molar refractivity (Wildman–Crippen MR) is 100 cm³/mol. The number of nitrogens with one attached hydrogen (secondary N) is 1. The minimum Gasteiger partial charge on any atom is -0.486 e. The summed E-state index contributed by atoms with van der Waals surface area (Å²) >= 11 is 0. The van der Waals surface area contributed by atoms with Crippen LogP contribution in [0.2, 0.25) is 0 Å². The number of imidazole rings is 1. The third-order valence-corrected chi connectivity index (χ3v) is 5.95. The maximum Gasteiger partial charge on any atom is 0.461 e. The van der Waals surface area contributed by atoms with Crippen molar-refractivity contribution in [1.82, 2.24) is 9.97 Å². The lowest BCUT2D eigenvalue weighted by Gasteiger charge is -2.26. The van der Waals surface area contributed by atoms with Crippen LogP contribution in [0.4, 0.5) is 22.0 Å². The monoisotopic (exact) mass is 478 g/mol. The Morgan fingerprint density at radius 2 is 1.81 bits per heavy atom. The number of aromatic nitrogens is 2. The van der Waals surface area contributed by atoms with Crippen molar-refractivity contribution < 1.29 is 44.0 Å². The first-order valence-corrected chi connectivity index (χ1v) is 10.5. The minimum absolute atomic E-state index is 0.0588. The summed E-state index contributed by atoms with van der Waals surface area (Å²) in [7, 11) is -4.11. The maximum atomic E-state index is 13.7. The van der Waals surface area contributed by atoms with Crippen LogP contribution in [-0.4, -0.2) is 43.9 Å². The van der Waals surface area contributed by atoms with E-state index in [2.05, 4.69) is 4.98 Å². The van der Waals surface area contributed by atoms with E-state index in [4.69, 9.17) is 13.7 Å². The van der Waals surface area contributed by atoms with Gasteiger partial charge in [0.05, 0.1) is 10.4 Å². The van der Waals surface area contributed by atoms with Crippen molar-refractivity contribution >= 4 is 21.2 Å². The Bertz CT molecular complexity index is 1260. The highest BCUT2D eigenvalue weighted by molar-refractivity contribution is 7.86. The lowest BCUT2D eigenvalue weighted by molar-refractivity contribution is -0.292. The van der Waals surface area contributed by atoms with Gasteiger partial charge < -0.3 is 14.5 Å². The molecule has 2 heterocycles. The van der Waals surface area contributed by atoms with E-state index in [1.54, 1.807) is 19.1 Å². The van der Waals surface area contributed by atoms with Gasteiger partial charge in [-0.25, -0.2) is 4.98 Å². The smallest absolute Gasteiger partial charge is 0.461 e. The number of H-pyrrole nitrogens is 1. The summed E-state index contributed by atoms with van der Waals surface area (Å²) in [4.78, 5) is 5.24. The zero-order valence-corrected chi connectivity index (χ0v) is 17.1. The number of aryl methyl sites for hydroxylation is 1. The predicted octanol–water partition coefficient (Wildman–Crippen LogP) is 4.07. The summed E-state index contributed by atoms with van der Waals surface area (Å²) in [5.74, 6) is -6.95. The Kier molecular flexibility index (Phi) is 5.28. The van der Waals surface area contributed by atoms with Gasteiger partial charge in [-0.3, -0.25) is 4.18 Å². The summed E-state index contributed by atoms with van der Waals surface area (Å²) in [6.07, 6.45) is -6.84. The van der Waals surface area contributed by atoms with E-state index in [-0.39, 0.29) is 34.0 Å². The lowest BCUT2D eigenvalue weighted by Crippen LogP contribution is -2.35. The Morgan fingerprint density at radius 1 is 1.12 bits per heavy atom. The number of fused-ring (bicyclic) bond motifs is 3. The molecule has 1 aromatic heterocycles. The number of ether oxygens (including phenoxy) is 2. The van der Waals surface area contributed by atoms with Gasteiger partial charge in [0.25, 0.3) is 10.1 Å². The van der Waals surface area contributed by atoms with E-state index in [0.29, 0.717) is 0 Å². The third-order valence-electron chi connectivity index (χ3n) is 4.65. The molecule has 2 aromatic carbocycles. The molecule has 32 heavy (non-hydrogen) atoms. The van der Waals surface area contributed by atoms with Gasteiger partial charge in [0, 0.05) is 0 Å². The second kappa shape index (κ2) is 7.59. The fourth-order valence-corrected chi connectivity index (χ4v) is 3.88. The molecule has 0 bridgehead atoms. The van der Waals surface area contributed by atoms with Gasteiger partial charge in [-0.05, 0) is 31.2 Å². The molecule has 1 atom stereocenters. The summed E-state index contributed by atoms with van der Waals surface area (Å²) in [5.41, 5.74) is 0.399. The molecule has 4 rings (SSSR count). The molecule has 7 nitrogen and oxygen atoms in total. The molecule has 0 spiro atoms. The minimum atomic E-state index is -5.85. The van der Waals surface area contributed by atoms with Crippen LogP contribution in [0.1, 0.15) is 11.4 Å².